The van der Waals surface area contributed by atoms with Gasteiger partial charge in [-0.25, -0.2) is 0 Å². The van der Waals surface area contributed by atoms with E-state index in [9.17, 15) is 10.1 Å². The van der Waals surface area contributed by atoms with Gasteiger partial charge in [-0.15, -0.1) is 0 Å². The third-order valence-corrected chi connectivity index (χ3v) is 4.56. The van der Waals surface area contributed by atoms with Crippen molar-refractivity contribution in [3.05, 3.63) is 33.9 Å². The molecule has 1 saturated heterocycles. The summed E-state index contributed by atoms with van der Waals surface area (Å²) in [7, 11) is 0. The predicted molar refractivity (Wildman–Crippen MR) is 85.5 cm³/mol. The van der Waals surface area contributed by atoms with Crippen LogP contribution in [-0.4, -0.2) is 29.0 Å². The fourth-order valence-electron chi connectivity index (χ4n) is 3.11. The second kappa shape index (κ2) is 6.89. The van der Waals surface area contributed by atoms with Gasteiger partial charge in [0, 0.05) is 25.2 Å². The van der Waals surface area contributed by atoms with E-state index in [-0.39, 0.29) is 10.6 Å². The van der Waals surface area contributed by atoms with Gasteiger partial charge < -0.3 is 5.32 Å². The van der Waals surface area contributed by atoms with Crippen LogP contribution in [0.3, 0.4) is 0 Å². The van der Waals surface area contributed by atoms with Crippen molar-refractivity contribution in [3.8, 4) is 0 Å². The summed E-state index contributed by atoms with van der Waals surface area (Å²) in [5, 5.41) is 14.4. The molecule has 2 unspecified atom stereocenters. The minimum atomic E-state index is -0.302. The molecule has 1 aliphatic rings. The molecule has 5 nitrogen and oxygen atoms in total. The van der Waals surface area contributed by atoms with Crippen LogP contribution in [0.2, 0.25) is 0 Å². The van der Waals surface area contributed by atoms with Crippen LogP contribution in [-0.2, 0) is 6.54 Å². The Morgan fingerprint density at radius 1 is 1.43 bits per heavy atom. The smallest absolute Gasteiger partial charge is 0.292 e. The Morgan fingerprint density at radius 2 is 2.19 bits per heavy atom. The molecule has 5 heteroatoms. The summed E-state index contributed by atoms with van der Waals surface area (Å²) >= 11 is 0. The zero-order chi connectivity index (χ0) is 15.4. The van der Waals surface area contributed by atoms with E-state index in [1.165, 1.54) is 12.8 Å². The van der Waals surface area contributed by atoms with Crippen LogP contribution < -0.4 is 5.32 Å². The number of para-hydroxylation sites is 1. The van der Waals surface area contributed by atoms with E-state index >= 15 is 0 Å². The van der Waals surface area contributed by atoms with Gasteiger partial charge in [0.05, 0.1) is 4.92 Å². The number of likely N-dealkylation sites (tertiary alicyclic amines) is 1. The Labute approximate surface area is 126 Å². The average Bonchev–Trinajstić information content (AvgIpc) is 2.45. The van der Waals surface area contributed by atoms with Crippen LogP contribution in [0.25, 0.3) is 0 Å². The van der Waals surface area contributed by atoms with Gasteiger partial charge in [-0.05, 0) is 44.7 Å². The number of nitro groups is 1. The monoisotopic (exact) mass is 291 g/mol. The molecule has 21 heavy (non-hydrogen) atoms. The number of anilines is 1. The summed E-state index contributed by atoms with van der Waals surface area (Å²) in [5.41, 5.74) is 1.87. The molecule has 1 heterocycles. The highest BCUT2D eigenvalue weighted by Crippen LogP contribution is 2.31. The number of nitrogens with one attached hydrogen (secondary N) is 1. The third-order valence-electron chi connectivity index (χ3n) is 4.56. The molecule has 0 radical (unpaired) electrons. The van der Waals surface area contributed by atoms with Gasteiger partial charge in [0.15, 0.2) is 0 Å². The van der Waals surface area contributed by atoms with E-state index < -0.39 is 0 Å². The number of benzene rings is 1. The molecule has 1 aliphatic heterocycles. The van der Waals surface area contributed by atoms with Gasteiger partial charge in [0.1, 0.15) is 5.69 Å². The second-order valence-corrected chi connectivity index (χ2v) is 5.93. The fraction of sp³-hybridized carbons (Fsp3) is 0.625. The van der Waals surface area contributed by atoms with E-state index in [1.54, 1.807) is 12.1 Å². The van der Waals surface area contributed by atoms with Crippen molar-refractivity contribution < 1.29 is 4.92 Å². The molecule has 1 aromatic rings. The van der Waals surface area contributed by atoms with E-state index in [0.29, 0.717) is 24.2 Å². The molecule has 0 aliphatic carbocycles. The predicted octanol–water partition coefficient (Wildman–Crippen LogP) is 3.65. The van der Waals surface area contributed by atoms with E-state index in [4.69, 9.17) is 0 Å². The average molecular weight is 291 g/mol. The molecule has 116 valence electrons. The lowest BCUT2D eigenvalue weighted by molar-refractivity contribution is -0.384. The fourth-order valence-corrected chi connectivity index (χ4v) is 3.11. The van der Waals surface area contributed by atoms with Crippen molar-refractivity contribution in [2.24, 2.45) is 5.92 Å². The molecule has 0 aromatic heterocycles. The summed E-state index contributed by atoms with van der Waals surface area (Å²) < 4.78 is 0. The zero-order valence-corrected chi connectivity index (χ0v) is 13.1. The standard InChI is InChI=1S/C16H25N3O2/c1-4-17-16-14(8-5-9-15(16)19(20)21)11-18-10-6-7-12(2)13(18)3/h5,8-9,12-13,17H,4,6-7,10-11H2,1-3H3. The van der Waals surface area contributed by atoms with Crippen molar-refractivity contribution in [3.63, 3.8) is 0 Å². The lowest BCUT2D eigenvalue weighted by atomic mass is 9.91. The maximum Gasteiger partial charge on any atom is 0.292 e. The van der Waals surface area contributed by atoms with Crippen molar-refractivity contribution in [2.45, 2.75) is 46.2 Å². The van der Waals surface area contributed by atoms with Gasteiger partial charge in [-0.2, -0.15) is 0 Å². The molecule has 0 amide bonds. The number of hydrogen-bond donors (Lipinski definition) is 1. The molecule has 1 aromatic carbocycles. The second-order valence-electron chi connectivity index (χ2n) is 5.93. The molecular weight excluding hydrogens is 266 g/mol. The van der Waals surface area contributed by atoms with Crippen LogP contribution in [0, 0.1) is 16.0 Å². The van der Waals surface area contributed by atoms with E-state index in [2.05, 4.69) is 24.1 Å². The molecule has 1 fully saturated rings. The van der Waals surface area contributed by atoms with Crippen molar-refractivity contribution >= 4 is 11.4 Å². The van der Waals surface area contributed by atoms with Crippen LogP contribution in [0.4, 0.5) is 11.4 Å². The number of hydrogen-bond acceptors (Lipinski definition) is 4. The SMILES string of the molecule is CCNc1c(CN2CCCC(C)C2C)cccc1[N+](=O)[O-]. The molecule has 0 saturated carbocycles. The Morgan fingerprint density at radius 3 is 2.86 bits per heavy atom. The Hall–Kier alpha value is -1.62. The number of nitro benzene ring substituents is 1. The summed E-state index contributed by atoms with van der Waals surface area (Å²) in [6, 6.07) is 5.88. The minimum Gasteiger partial charge on any atom is -0.380 e. The summed E-state index contributed by atoms with van der Waals surface area (Å²) in [5.74, 6) is 0.681. The highest BCUT2D eigenvalue weighted by Gasteiger charge is 2.26. The maximum atomic E-state index is 11.2. The molecule has 0 bridgehead atoms. The Kier molecular flexibility index (Phi) is 5.17. The Balaban J connectivity index is 2.26. The summed E-state index contributed by atoms with van der Waals surface area (Å²) in [4.78, 5) is 13.3. The number of rotatable bonds is 5. The Bertz CT molecular complexity index is 504. The zero-order valence-electron chi connectivity index (χ0n) is 13.1. The minimum absolute atomic E-state index is 0.173. The molecule has 1 N–H and O–H groups in total. The quantitative estimate of drug-likeness (QED) is 0.664. The van der Waals surface area contributed by atoms with E-state index in [0.717, 1.165) is 18.7 Å². The van der Waals surface area contributed by atoms with Crippen LogP contribution >= 0.6 is 0 Å². The lowest BCUT2D eigenvalue weighted by Gasteiger charge is -2.38. The van der Waals surface area contributed by atoms with Gasteiger partial charge in [-0.1, -0.05) is 19.1 Å². The highest BCUT2D eigenvalue weighted by atomic mass is 16.6. The first-order chi connectivity index (χ1) is 10.0. The lowest BCUT2D eigenvalue weighted by Crippen LogP contribution is -2.41. The first-order valence-corrected chi connectivity index (χ1v) is 7.78. The number of piperidine rings is 1. The van der Waals surface area contributed by atoms with Gasteiger partial charge >= 0.3 is 0 Å². The van der Waals surface area contributed by atoms with Gasteiger partial charge in [0.25, 0.3) is 5.69 Å². The summed E-state index contributed by atoms with van der Waals surface area (Å²) in [6.07, 6.45) is 2.48. The molecule has 2 rings (SSSR count). The largest absolute Gasteiger partial charge is 0.380 e. The first kappa shape index (κ1) is 15.8. The summed E-state index contributed by atoms with van der Waals surface area (Å²) in [6.45, 7) is 9.04. The van der Waals surface area contributed by atoms with Crippen LogP contribution in [0.15, 0.2) is 18.2 Å². The van der Waals surface area contributed by atoms with E-state index in [1.807, 2.05) is 13.0 Å². The highest BCUT2D eigenvalue weighted by molar-refractivity contribution is 5.66. The maximum absolute atomic E-state index is 11.2. The van der Waals surface area contributed by atoms with Crippen molar-refractivity contribution in [2.75, 3.05) is 18.4 Å². The van der Waals surface area contributed by atoms with Gasteiger partial charge in [0.2, 0.25) is 0 Å². The van der Waals surface area contributed by atoms with Crippen molar-refractivity contribution in [1.82, 2.24) is 4.90 Å². The molecule has 0 spiro atoms. The topological polar surface area (TPSA) is 58.4 Å². The van der Waals surface area contributed by atoms with Crippen LogP contribution in [0.1, 0.15) is 39.2 Å². The first-order valence-electron chi connectivity index (χ1n) is 7.78. The molecule has 2 atom stereocenters. The third kappa shape index (κ3) is 3.53. The molecular formula is C16H25N3O2. The normalized spacial score (nSPS) is 23.0. The van der Waals surface area contributed by atoms with Crippen molar-refractivity contribution in [1.29, 1.82) is 0 Å². The van der Waals surface area contributed by atoms with Gasteiger partial charge in [-0.3, -0.25) is 15.0 Å². The number of nitrogens with zero attached hydrogens (tertiary/aromatic N) is 2. The van der Waals surface area contributed by atoms with Crippen LogP contribution in [0.5, 0.6) is 0 Å².